The SMILES string of the molecule is CCCCCCCCCCCCCCNCCCP(O)O. The Bertz CT molecular complexity index is 192. The van der Waals surface area contributed by atoms with Crippen molar-refractivity contribution in [2.24, 2.45) is 0 Å². The maximum Gasteiger partial charge on any atom is 0.164 e. The second kappa shape index (κ2) is 18.4. The van der Waals surface area contributed by atoms with E-state index in [1.807, 2.05) is 0 Å². The van der Waals surface area contributed by atoms with E-state index in [0.717, 1.165) is 19.5 Å². The molecule has 0 aliphatic carbocycles. The Morgan fingerprint density at radius 3 is 1.52 bits per heavy atom. The second-order valence-corrected chi connectivity index (χ2v) is 7.28. The minimum absolute atomic E-state index is 0.542. The smallest absolute Gasteiger partial charge is 0.164 e. The molecule has 0 rings (SSSR count). The van der Waals surface area contributed by atoms with Gasteiger partial charge in [0.1, 0.15) is 0 Å². The van der Waals surface area contributed by atoms with Gasteiger partial charge >= 0.3 is 0 Å². The Hall–Kier alpha value is 0.310. The molecule has 3 nitrogen and oxygen atoms in total. The molecule has 21 heavy (non-hydrogen) atoms. The van der Waals surface area contributed by atoms with Crippen LogP contribution in [0.3, 0.4) is 0 Å². The normalized spacial score (nSPS) is 11.4. The quantitative estimate of drug-likeness (QED) is 0.262. The topological polar surface area (TPSA) is 52.5 Å². The van der Waals surface area contributed by atoms with Crippen LogP contribution in [0.1, 0.15) is 90.4 Å². The van der Waals surface area contributed by atoms with Gasteiger partial charge in [0.05, 0.1) is 0 Å². The van der Waals surface area contributed by atoms with Gasteiger partial charge in [0.2, 0.25) is 0 Å². The zero-order valence-electron chi connectivity index (χ0n) is 14.2. The Balaban J connectivity index is 2.93. The Morgan fingerprint density at radius 1 is 0.619 bits per heavy atom. The van der Waals surface area contributed by atoms with Crippen LogP contribution in [0, 0.1) is 0 Å². The van der Waals surface area contributed by atoms with E-state index in [1.165, 1.54) is 77.0 Å². The van der Waals surface area contributed by atoms with Gasteiger partial charge in [-0.3, -0.25) is 0 Å². The van der Waals surface area contributed by atoms with Gasteiger partial charge in [-0.15, -0.1) is 0 Å². The number of hydrogen-bond acceptors (Lipinski definition) is 3. The molecule has 128 valence electrons. The molecule has 0 aromatic rings. The highest BCUT2D eigenvalue weighted by atomic mass is 31.2. The molecule has 0 spiro atoms. The number of unbranched alkanes of at least 4 members (excludes halogenated alkanes) is 11. The molecule has 0 saturated heterocycles. The maximum absolute atomic E-state index is 8.76. The number of nitrogens with one attached hydrogen (secondary N) is 1. The van der Waals surface area contributed by atoms with Crippen molar-refractivity contribution in [3.05, 3.63) is 0 Å². The predicted molar refractivity (Wildman–Crippen MR) is 94.8 cm³/mol. The average molecular weight is 319 g/mol. The van der Waals surface area contributed by atoms with Crippen LogP contribution < -0.4 is 5.32 Å². The minimum Gasteiger partial charge on any atom is -0.350 e. The van der Waals surface area contributed by atoms with Crippen molar-refractivity contribution < 1.29 is 9.79 Å². The van der Waals surface area contributed by atoms with Crippen molar-refractivity contribution in [1.82, 2.24) is 5.32 Å². The zero-order chi connectivity index (χ0) is 15.6. The highest BCUT2D eigenvalue weighted by molar-refractivity contribution is 7.45. The largest absolute Gasteiger partial charge is 0.350 e. The monoisotopic (exact) mass is 319 g/mol. The van der Waals surface area contributed by atoms with E-state index < -0.39 is 8.38 Å². The summed E-state index contributed by atoms with van der Waals surface area (Å²) < 4.78 is 0. The van der Waals surface area contributed by atoms with Gasteiger partial charge in [0.25, 0.3) is 0 Å². The average Bonchev–Trinajstić information content (AvgIpc) is 2.46. The highest BCUT2D eigenvalue weighted by Gasteiger charge is 1.97. The standard InChI is InChI=1S/C17H38NO2P/c1-2-3-4-5-6-7-8-9-10-11-12-13-15-18-16-14-17-21(19)20/h18-20H,2-17H2,1H3. The van der Waals surface area contributed by atoms with Crippen LogP contribution in [0.25, 0.3) is 0 Å². The fourth-order valence-corrected chi connectivity index (χ4v) is 3.00. The van der Waals surface area contributed by atoms with E-state index in [-0.39, 0.29) is 0 Å². The van der Waals surface area contributed by atoms with Crippen LogP contribution in [0.2, 0.25) is 0 Å². The minimum atomic E-state index is -1.68. The molecule has 0 aromatic carbocycles. The van der Waals surface area contributed by atoms with Crippen molar-refractivity contribution in [3.63, 3.8) is 0 Å². The lowest BCUT2D eigenvalue weighted by atomic mass is 10.1. The van der Waals surface area contributed by atoms with Gasteiger partial charge in [-0.05, 0) is 25.9 Å². The first-order valence-electron chi connectivity index (χ1n) is 9.13. The van der Waals surface area contributed by atoms with E-state index in [4.69, 9.17) is 9.79 Å². The van der Waals surface area contributed by atoms with E-state index >= 15 is 0 Å². The van der Waals surface area contributed by atoms with Crippen LogP contribution in [0.15, 0.2) is 0 Å². The summed E-state index contributed by atoms with van der Waals surface area (Å²) in [7, 11) is -1.68. The van der Waals surface area contributed by atoms with Gasteiger partial charge in [0.15, 0.2) is 8.38 Å². The maximum atomic E-state index is 8.76. The molecule has 0 atom stereocenters. The Morgan fingerprint density at radius 2 is 1.05 bits per heavy atom. The molecule has 0 aromatic heterocycles. The van der Waals surface area contributed by atoms with Gasteiger partial charge in [-0.1, -0.05) is 77.6 Å². The van der Waals surface area contributed by atoms with Gasteiger partial charge < -0.3 is 15.1 Å². The van der Waals surface area contributed by atoms with Gasteiger partial charge in [0, 0.05) is 6.16 Å². The fraction of sp³-hybridized carbons (Fsp3) is 1.00. The van der Waals surface area contributed by atoms with Crippen LogP contribution in [-0.2, 0) is 0 Å². The lowest BCUT2D eigenvalue weighted by molar-refractivity contribution is 0.478. The summed E-state index contributed by atoms with van der Waals surface area (Å²) in [6.07, 6.45) is 18.1. The van der Waals surface area contributed by atoms with Crippen molar-refractivity contribution >= 4 is 8.38 Å². The molecule has 0 radical (unpaired) electrons. The first-order valence-corrected chi connectivity index (χ1v) is 10.6. The third-order valence-electron chi connectivity index (χ3n) is 3.92. The third-order valence-corrected chi connectivity index (χ3v) is 4.64. The summed E-state index contributed by atoms with van der Waals surface area (Å²) in [6.45, 7) is 4.26. The van der Waals surface area contributed by atoms with Crippen LogP contribution >= 0.6 is 8.38 Å². The number of hydrogen-bond donors (Lipinski definition) is 3. The summed E-state index contributed by atoms with van der Waals surface area (Å²) in [5.74, 6) is 0. The molecule has 0 bridgehead atoms. The van der Waals surface area contributed by atoms with E-state index in [2.05, 4.69) is 12.2 Å². The molecule has 0 aliphatic rings. The van der Waals surface area contributed by atoms with E-state index in [9.17, 15) is 0 Å². The van der Waals surface area contributed by atoms with Crippen molar-refractivity contribution in [1.29, 1.82) is 0 Å². The molecule has 4 heteroatoms. The van der Waals surface area contributed by atoms with Crippen LogP contribution in [-0.4, -0.2) is 29.0 Å². The van der Waals surface area contributed by atoms with Crippen LogP contribution in [0.5, 0.6) is 0 Å². The predicted octanol–water partition coefficient (Wildman–Crippen LogP) is 4.96. The van der Waals surface area contributed by atoms with Crippen molar-refractivity contribution in [2.45, 2.75) is 90.4 Å². The van der Waals surface area contributed by atoms with Crippen LogP contribution in [0.4, 0.5) is 0 Å². The summed E-state index contributed by atoms with van der Waals surface area (Å²) >= 11 is 0. The first-order chi connectivity index (χ1) is 10.3. The lowest BCUT2D eigenvalue weighted by Crippen LogP contribution is -2.17. The van der Waals surface area contributed by atoms with Crippen molar-refractivity contribution in [3.8, 4) is 0 Å². The molecular weight excluding hydrogens is 281 g/mol. The Labute approximate surface area is 133 Å². The summed E-state index contributed by atoms with van der Waals surface area (Å²) in [5.41, 5.74) is 0. The summed E-state index contributed by atoms with van der Waals surface area (Å²) in [5, 5.41) is 3.36. The molecule has 3 N–H and O–H groups in total. The molecule has 0 amide bonds. The van der Waals surface area contributed by atoms with Gasteiger partial charge in [-0.25, -0.2) is 0 Å². The lowest BCUT2D eigenvalue weighted by Gasteiger charge is -2.05. The second-order valence-electron chi connectivity index (χ2n) is 6.09. The molecule has 0 fully saturated rings. The molecular formula is C17H38NO2P. The third kappa shape index (κ3) is 20.3. The molecule has 0 aliphatic heterocycles. The van der Waals surface area contributed by atoms with E-state index in [0.29, 0.717) is 6.16 Å². The molecule has 0 saturated carbocycles. The van der Waals surface area contributed by atoms with Gasteiger partial charge in [-0.2, -0.15) is 0 Å². The summed E-state index contributed by atoms with van der Waals surface area (Å²) in [4.78, 5) is 17.5. The van der Waals surface area contributed by atoms with E-state index in [1.54, 1.807) is 0 Å². The number of rotatable bonds is 17. The molecule has 0 heterocycles. The highest BCUT2D eigenvalue weighted by Crippen LogP contribution is 2.22. The summed E-state index contributed by atoms with van der Waals surface area (Å²) in [6, 6.07) is 0. The zero-order valence-corrected chi connectivity index (χ0v) is 15.0. The van der Waals surface area contributed by atoms with Crippen molar-refractivity contribution in [2.75, 3.05) is 19.3 Å². The molecule has 0 unspecified atom stereocenters. The fourth-order valence-electron chi connectivity index (χ4n) is 2.56. The Kier molecular flexibility index (Phi) is 18.6. The first kappa shape index (κ1) is 21.3.